The summed E-state index contributed by atoms with van der Waals surface area (Å²) in [5.74, 6) is 1.23. The molecule has 0 radical (unpaired) electrons. The van der Waals surface area contributed by atoms with Crippen LogP contribution in [0.25, 0.3) is 22.8 Å². The fourth-order valence-electron chi connectivity index (χ4n) is 2.75. The SMILES string of the molecule is O=[N+]([O-])c1ccc(OCc2cccc(-c3nc(-c4ccc(Cl)cc4Cl)no3)c2)cc1. The zero-order chi connectivity index (χ0) is 21.1. The first-order valence-corrected chi connectivity index (χ1v) is 9.51. The highest BCUT2D eigenvalue weighted by atomic mass is 35.5. The first-order chi connectivity index (χ1) is 14.5. The summed E-state index contributed by atoms with van der Waals surface area (Å²) in [6.07, 6.45) is 0. The van der Waals surface area contributed by atoms with Crippen LogP contribution >= 0.6 is 23.2 Å². The first-order valence-electron chi connectivity index (χ1n) is 8.75. The number of halogens is 2. The standard InChI is InChI=1S/C21H13Cl2N3O4/c22-15-4-9-18(19(23)11-15)20-24-21(30-25-20)14-3-1-2-13(10-14)12-29-17-7-5-16(6-8-17)26(27)28/h1-11H,12H2. The highest BCUT2D eigenvalue weighted by Gasteiger charge is 2.14. The minimum atomic E-state index is -0.455. The van der Waals surface area contributed by atoms with Gasteiger partial charge in [-0.2, -0.15) is 4.98 Å². The average Bonchev–Trinajstić information content (AvgIpc) is 3.23. The molecule has 0 spiro atoms. The summed E-state index contributed by atoms with van der Waals surface area (Å²) >= 11 is 12.1. The van der Waals surface area contributed by atoms with Crippen LogP contribution in [0, 0.1) is 10.1 Å². The van der Waals surface area contributed by atoms with Gasteiger partial charge in [0.1, 0.15) is 12.4 Å². The molecule has 4 aromatic rings. The molecule has 0 saturated carbocycles. The second-order valence-corrected chi connectivity index (χ2v) is 7.13. The van der Waals surface area contributed by atoms with Crippen LogP contribution in [0.3, 0.4) is 0 Å². The summed E-state index contributed by atoms with van der Waals surface area (Å²) < 4.78 is 11.1. The van der Waals surface area contributed by atoms with Crippen molar-refractivity contribution in [3.63, 3.8) is 0 Å². The molecule has 0 amide bonds. The van der Waals surface area contributed by atoms with E-state index >= 15 is 0 Å². The van der Waals surface area contributed by atoms with Gasteiger partial charge in [0.25, 0.3) is 11.6 Å². The Labute approximate surface area is 181 Å². The van der Waals surface area contributed by atoms with Crippen LogP contribution in [-0.2, 0) is 6.61 Å². The van der Waals surface area contributed by atoms with Gasteiger partial charge in [-0.05, 0) is 48.0 Å². The van der Waals surface area contributed by atoms with Gasteiger partial charge in [0, 0.05) is 28.3 Å². The number of ether oxygens (including phenoxy) is 1. The van der Waals surface area contributed by atoms with Crippen molar-refractivity contribution >= 4 is 28.9 Å². The van der Waals surface area contributed by atoms with E-state index in [9.17, 15) is 10.1 Å². The number of nitro benzene ring substituents is 1. The third-order valence-corrected chi connectivity index (χ3v) is 4.77. The Morgan fingerprint density at radius 1 is 1.03 bits per heavy atom. The van der Waals surface area contributed by atoms with Gasteiger partial charge in [-0.1, -0.05) is 40.5 Å². The van der Waals surface area contributed by atoms with Crippen LogP contribution in [0.15, 0.2) is 71.3 Å². The molecule has 150 valence electrons. The summed E-state index contributed by atoms with van der Waals surface area (Å²) in [5.41, 5.74) is 2.23. The summed E-state index contributed by atoms with van der Waals surface area (Å²) in [6.45, 7) is 0.273. The van der Waals surface area contributed by atoms with E-state index in [2.05, 4.69) is 10.1 Å². The van der Waals surface area contributed by atoms with Crippen molar-refractivity contribution in [3.8, 4) is 28.6 Å². The molecule has 0 atom stereocenters. The van der Waals surface area contributed by atoms with Gasteiger partial charge in [-0.25, -0.2) is 0 Å². The predicted molar refractivity (Wildman–Crippen MR) is 113 cm³/mol. The van der Waals surface area contributed by atoms with Crippen LogP contribution in [0.4, 0.5) is 5.69 Å². The number of rotatable bonds is 6. The van der Waals surface area contributed by atoms with E-state index in [1.807, 2.05) is 24.3 Å². The third kappa shape index (κ3) is 4.42. The maximum atomic E-state index is 10.7. The van der Waals surface area contributed by atoms with Crippen LogP contribution in [-0.4, -0.2) is 15.1 Å². The highest BCUT2D eigenvalue weighted by molar-refractivity contribution is 6.36. The Morgan fingerprint density at radius 2 is 1.83 bits per heavy atom. The van der Waals surface area contributed by atoms with E-state index in [0.29, 0.717) is 33.1 Å². The largest absolute Gasteiger partial charge is 0.489 e. The van der Waals surface area contributed by atoms with Crippen molar-refractivity contribution < 1.29 is 14.2 Å². The average molecular weight is 442 g/mol. The molecule has 1 heterocycles. The van der Waals surface area contributed by atoms with Crippen molar-refractivity contribution in [2.75, 3.05) is 0 Å². The van der Waals surface area contributed by atoms with E-state index in [1.165, 1.54) is 12.1 Å². The number of nitro groups is 1. The molecule has 9 heteroatoms. The lowest BCUT2D eigenvalue weighted by molar-refractivity contribution is -0.384. The zero-order valence-electron chi connectivity index (χ0n) is 15.3. The smallest absolute Gasteiger partial charge is 0.269 e. The molecule has 0 fully saturated rings. The number of benzene rings is 3. The van der Waals surface area contributed by atoms with Crippen LogP contribution in [0.1, 0.15) is 5.56 Å². The molecule has 0 unspecified atom stereocenters. The molecule has 7 nitrogen and oxygen atoms in total. The lowest BCUT2D eigenvalue weighted by atomic mass is 10.1. The Hall–Kier alpha value is -3.42. The number of aromatic nitrogens is 2. The van der Waals surface area contributed by atoms with Gasteiger partial charge in [0.15, 0.2) is 0 Å². The number of non-ortho nitro benzene ring substituents is 1. The van der Waals surface area contributed by atoms with Crippen molar-refractivity contribution in [2.24, 2.45) is 0 Å². The highest BCUT2D eigenvalue weighted by Crippen LogP contribution is 2.30. The molecule has 0 aliphatic carbocycles. The number of hydrogen-bond acceptors (Lipinski definition) is 6. The zero-order valence-corrected chi connectivity index (χ0v) is 16.8. The molecule has 0 N–H and O–H groups in total. The molecule has 3 aromatic carbocycles. The molecule has 1 aromatic heterocycles. The predicted octanol–water partition coefficient (Wildman–Crippen LogP) is 6.20. The Balaban J connectivity index is 1.49. The fraction of sp³-hybridized carbons (Fsp3) is 0.0476. The Kier molecular flexibility index (Phi) is 5.65. The monoisotopic (exact) mass is 441 g/mol. The van der Waals surface area contributed by atoms with Crippen LogP contribution < -0.4 is 4.74 Å². The Bertz CT molecular complexity index is 1210. The van der Waals surface area contributed by atoms with E-state index in [1.54, 1.807) is 30.3 Å². The quantitative estimate of drug-likeness (QED) is 0.261. The lowest BCUT2D eigenvalue weighted by Gasteiger charge is -2.06. The molecular weight excluding hydrogens is 429 g/mol. The topological polar surface area (TPSA) is 91.3 Å². The maximum Gasteiger partial charge on any atom is 0.269 e. The van der Waals surface area contributed by atoms with Crippen LogP contribution in [0.5, 0.6) is 5.75 Å². The van der Waals surface area contributed by atoms with Gasteiger partial charge in [0.2, 0.25) is 5.82 Å². The summed E-state index contributed by atoms with van der Waals surface area (Å²) in [5, 5.41) is 15.7. The second kappa shape index (κ2) is 8.52. The molecule has 0 aliphatic heterocycles. The lowest BCUT2D eigenvalue weighted by Crippen LogP contribution is -1.96. The minimum absolute atomic E-state index is 0.0114. The molecular formula is C21H13Cl2N3O4. The van der Waals surface area contributed by atoms with Gasteiger partial charge < -0.3 is 9.26 Å². The fourth-order valence-corrected chi connectivity index (χ4v) is 3.24. The normalized spacial score (nSPS) is 10.7. The molecule has 4 rings (SSSR count). The second-order valence-electron chi connectivity index (χ2n) is 6.29. The van der Waals surface area contributed by atoms with E-state index in [4.69, 9.17) is 32.5 Å². The first kappa shape index (κ1) is 19.9. The van der Waals surface area contributed by atoms with Crippen LogP contribution in [0.2, 0.25) is 10.0 Å². The van der Waals surface area contributed by atoms with Crippen molar-refractivity contribution in [1.29, 1.82) is 0 Å². The third-order valence-electron chi connectivity index (χ3n) is 4.23. The number of hydrogen-bond donors (Lipinski definition) is 0. The molecule has 0 bridgehead atoms. The summed E-state index contributed by atoms with van der Waals surface area (Å²) in [4.78, 5) is 14.7. The Morgan fingerprint density at radius 3 is 2.57 bits per heavy atom. The van der Waals surface area contributed by atoms with Gasteiger partial charge in [-0.15, -0.1) is 0 Å². The van der Waals surface area contributed by atoms with E-state index in [0.717, 1.165) is 11.1 Å². The number of nitrogens with zero attached hydrogens (tertiary/aromatic N) is 3. The van der Waals surface area contributed by atoms with Gasteiger partial charge >= 0.3 is 0 Å². The minimum Gasteiger partial charge on any atom is -0.489 e. The van der Waals surface area contributed by atoms with Gasteiger partial charge in [-0.3, -0.25) is 10.1 Å². The summed E-state index contributed by atoms with van der Waals surface area (Å²) in [6, 6.07) is 18.4. The molecule has 0 aliphatic rings. The maximum absolute atomic E-state index is 10.7. The van der Waals surface area contributed by atoms with Crippen molar-refractivity contribution in [3.05, 3.63) is 92.5 Å². The van der Waals surface area contributed by atoms with E-state index < -0.39 is 4.92 Å². The summed E-state index contributed by atoms with van der Waals surface area (Å²) in [7, 11) is 0. The molecule has 30 heavy (non-hydrogen) atoms. The van der Waals surface area contributed by atoms with Gasteiger partial charge in [0.05, 0.1) is 9.95 Å². The van der Waals surface area contributed by atoms with Crippen molar-refractivity contribution in [1.82, 2.24) is 10.1 Å². The van der Waals surface area contributed by atoms with Crippen molar-refractivity contribution in [2.45, 2.75) is 6.61 Å². The molecule has 0 saturated heterocycles. The van der Waals surface area contributed by atoms with E-state index in [-0.39, 0.29) is 12.3 Å².